The summed E-state index contributed by atoms with van der Waals surface area (Å²) in [6.45, 7) is 0. The van der Waals surface area contributed by atoms with Crippen molar-refractivity contribution in [1.29, 1.82) is 0 Å². The molecule has 4 aromatic heterocycles. The highest BCUT2D eigenvalue weighted by atomic mass is 16.3. The van der Waals surface area contributed by atoms with Crippen LogP contribution in [0, 0.1) is 0 Å². The molecule has 0 spiro atoms. The summed E-state index contributed by atoms with van der Waals surface area (Å²) >= 11 is 0. The molecule has 0 N–H and O–H groups in total. The average Bonchev–Trinajstić information content (AvgIpc) is 4.08. The second kappa shape index (κ2) is 10.8. The van der Waals surface area contributed by atoms with Crippen molar-refractivity contribution in [2.24, 2.45) is 0 Å². The number of hydrogen-bond donors (Lipinski definition) is 0. The van der Waals surface area contributed by atoms with E-state index in [0.29, 0.717) is 0 Å². The van der Waals surface area contributed by atoms with Crippen molar-refractivity contribution in [2.45, 2.75) is 0 Å². The first-order valence-corrected chi connectivity index (χ1v) is 15.2. The van der Waals surface area contributed by atoms with Crippen LogP contribution in [0.1, 0.15) is 30.2 Å². The maximum Gasteiger partial charge on any atom is 0.180 e. The summed E-state index contributed by atoms with van der Waals surface area (Å²) in [6.07, 6.45) is 1.05. The molecule has 0 bridgehead atoms. The topological polar surface area (TPSA) is 65.2 Å². The number of fused-ring (bicyclic) bond motifs is 9. The number of nitrogens with zero attached hydrogens (tertiary/aromatic N) is 2. The van der Waals surface area contributed by atoms with E-state index in [4.69, 9.17) is 40.7 Å². The fourth-order valence-corrected chi connectivity index (χ4v) is 6.12. The number of furan rings is 3. The summed E-state index contributed by atoms with van der Waals surface area (Å²) in [4.78, 5) is 8.72. The summed E-state index contributed by atoms with van der Waals surface area (Å²) in [5.41, 5.74) is -4.55. The maximum absolute atomic E-state index is 9.53. The van der Waals surface area contributed by atoms with E-state index in [-0.39, 0.29) is 60.4 Å². The molecule has 0 amide bonds. The van der Waals surface area contributed by atoms with Gasteiger partial charge in [-0.15, -0.1) is 0 Å². The van der Waals surface area contributed by atoms with E-state index >= 15 is 0 Å². The van der Waals surface area contributed by atoms with Gasteiger partial charge in [-0.05, 0) is 58.6 Å². The SMILES string of the molecule is [2H]c1c([2H])c(-c2ccc3oc4c(-c5c([2H])c([2H])c([2H])c(-c6c([2H])c([2H])c([2H])c7c6oc6c([2H])c([2H])c([2H])c([2H])c67)c5[2H])ncnc4c3c2)c([2H])c(-c2c([2H])c([2H])c([2H])c3c2oc2c([2H])c([2H])c([2H])c([2H])c23)c1[2H]. The summed E-state index contributed by atoms with van der Waals surface area (Å²) in [5, 5.41) is -0.967. The zero-order valence-electron chi connectivity index (χ0n) is 47.4. The number of hydrogen-bond acceptors (Lipinski definition) is 5. The van der Waals surface area contributed by atoms with E-state index in [1.807, 2.05) is 0 Å². The van der Waals surface area contributed by atoms with E-state index in [1.54, 1.807) is 0 Å². The molecule has 0 aliphatic carbocycles. The number of aromatic nitrogens is 2. The molecule has 0 saturated carbocycles. The van der Waals surface area contributed by atoms with E-state index in [1.165, 1.54) is 18.2 Å². The number of para-hydroxylation sites is 4. The van der Waals surface area contributed by atoms with Gasteiger partial charge in [-0.1, -0.05) is 115 Å². The van der Waals surface area contributed by atoms with E-state index in [0.717, 1.165) is 6.33 Å². The van der Waals surface area contributed by atoms with Gasteiger partial charge < -0.3 is 13.3 Å². The van der Waals surface area contributed by atoms with Crippen LogP contribution in [0.3, 0.4) is 0 Å². The van der Waals surface area contributed by atoms with Crippen LogP contribution >= 0.6 is 0 Å². The lowest BCUT2D eigenvalue weighted by Crippen LogP contribution is -1.88. The largest absolute Gasteiger partial charge is 0.455 e. The molecule has 238 valence electrons. The second-order valence-electron chi connectivity index (χ2n) is 11.2. The van der Waals surface area contributed by atoms with Crippen LogP contribution in [0.15, 0.2) is 171 Å². The third kappa shape index (κ3) is 4.28. The Morgan fingerprint density at radius 2 is 0.961 bits per heavy atom. The first-order valence-electron chi connectivity index (χ1n) is 26.2. The molecule has 5 nitrogen and oxygen atoms in total. The highest BCUT2D eigenvalue weighted by Gasteiger charge is 2.18. The van der Waals surface area contributed by atoms with Crippen LogP contribution in [0.4, 0.5) is 0 Å². The van der Waals surface area contributed by atoms with E-state index in [2.05, 4.69) is 9.97 Å². The summed E-state index contributed by atoms with van der Waals surface area (Å²) in [5.74, 6) is 0. The monoisotopic (exact) mass is 676 g/mol. The molecule has 0 aliphatic heterocycles. The molecule has 11 rings (SSSR count). The van der Waals surface area contributed by atoms with Crippen molar-refractivity contribution >= 4 is 65.9 Å². The van der Waals surface area contributed by atoms with Crippen LogP contribution in [-0.2, 0) is 0 Å². The fourth-order valence-electron chi connectivity index (χ4n) is 6.12. The summed E-state index contributed by atoms with van der Waals surface area (Å²) in [7, 11) is 0. The van der Waals surface area contributed by atoms with Crippen LogP contribution < -0.4 is 0 Å². The van der Waals surface area contributed by atoms with Crippen LogP contribution in [0.25, 0.3) is 111 Å². The van der Waals surface area contributed by atoms with Crippen molar-refractivity contribution in [3.8, 4) is 44.6 Å². The third-order valence-electron chi connectivity index (χ3n) is 8.40. The van der Waals surface area contributed by atoms with Gasteiger partial charge in [0.1, 0.15) is 45.5 Å². The molecule has 0 aliphatic rings. The van der Waals surface area contributed by atoms with Gasteiger partial charge in [0, 0.05) is 43.6 Å². The quantitative estimate of drug-likeness (QED) is 0.186. The van der Waals surface area contributed by atoms with Crippen molar-refractivity contribution in [3.63, 3.8) is 0 Å². The van der Waals surface area contributed by atoms with Crippen LogP contribution in [-0.4, -0.2) is 9.97 Å². The first kappa shape index (κ1) is 14.1. The van der Waals surface area contributed by atoms with Gasteiger partial charge in [0.25, 0.3) is 0 Å². The number of benzene rings is 7. The van der Waals surface area contributed by atoms with Gasteiger partial charge in [0.05, 0.1) is 30.2 Å². The molecule has 11 aromatic rings. The van der Waals surface area contributed by atoms with Gasteiger partial charge >= 0.3 is 0 Å². The Hall–Kier alpha value is -6.98. The molecule has 7 aromatic carbocycles. The lowest BCUT2D eigenvalue weighted by molar-refractivity contribution is 0.667. The van der Waals surface area contributed by atoms with Gasteiger partial charge in [-0.2, -0.15) is 0 Å². The summed E-state index contributed by atoms with van der Waals surface area (Å²) < 4.78 is 211. The predicted molar refractivity (Wildman–Crippen MR) is 206 cm³/mol. The fraction of sp³-hybridized carbons (Fsp3) is 0. The van der Waals surface area contributed by atoms with Gasteiger partial charge in [-0.25, -0.2) is 9.97 Å². The molecule has 4 heterocycles. The van der Waals surface area contributed by atoms with Crippen molar-refractivity contribution < 1.29 is 43.4 Å². The van der Waals surface area contributed by atoms with Crippen molar-refractivity contribution in [2.75, 3.05) is 0 Å². The lowest BCUT2D eigenvalue weighted by Gasteiger charge is -2.07. The highest BCUT2D eigenvalue weighted by molar-refractivity contribution is 6.11. The highest BCUT2D eigenvalue weighted by Crippen LogP contribution is 2.41. The van der Waals surface area contributed by atoms with E-state index in [9.17, 15) is 2.74 Å². The normalized spacial score (nSPS) is 18.0. The Morgan fingerprint density at radius 3 is 1.65 bits per heavy atom. The van der Waals surface area contributed by atoms with Gasteiger partial charge in [0.15, 0.2) is 5.58 Å². The average molecular weight is 677 g/mol. The minimum Gasteiger partial charge on any atom is -0.455 e. The molecule has 0 saturated heterocycles. The second-order valence-corrected chi connectivity index (χ2v) is 11.2. The maximum atomic E-state index is 9.53. The minimum atomic E-state index is -0.778. The Bertz CT molecular complexity index is 4430. The molecule has 51 heavy (non-hydrogen) atoms. The Morgan fingerprint density at radius 1 is 0.412 bits per heavy atom. The molecular weight excluding hydrogens is 629 g/mol. The molecular formula is C46H26N2O3. The first-order chi connectivity index (χ1) is 34.4. The van der Waals surface area contributed by atoms with Crippen molar-refractivity contribution in [3.05, 3.63) is 157 Å². The van der Waals surface area contributed by atoms with Crippen LogP contribution in [0.2, 0.25) is 0 Å². The standard InChI is InChI=1S/C46H26N2O3/c1-3-19-39-34(13-1)36-17-7-15-32(44(36)49-39)29-10-5-9-27(23-29)28-21-22-41-38(25-28)43-46(51-41)42(47-26-48-43)31-12-6-11-30(24-31)33-16-8-18-37-35-14-2-4-20-40(35)50-45(33)37/h1-26H/i1D,2D,3D,4D,5D,6D,7D,8D,9D,10D,11D,12D,13D,14D,15D,16D,17D,18D,19D,20D,23D,24D. The Labute approximate surface area is 321 Å². The predicted octanol–water partition coefficient (Wildman–Crippen LogP) is 12.8. The lowest BCUT2D eigenvalue weighted by atomic mass is 9.97. The van der Waals surface area contributed by atoms with Gasteiger partial charge in [-0.3, -0.25) is 0 Å². The molecule has 5 heteroatoms. The molecule has 0 unspecified atom stereocenters. The minimum absolute atomic E-state index is 0.0172. The molecule has 0 radical (unpaired) electrons. The number of rotatable bonds is 4. The van der Waals surface area contributed by atoms with E-state index < -0.39 is 183 Å². The van der Waals surface area contributed by atoms with Gasteiger partial charge in [0.2, 0.25) is 0 Å². The van der Waals surface area contributed by atoms with Crippen molar-refractivity contribution in [1.82, 2.24) is 9.97 Å². The summed E-state index contributed by atoms with van der Waals surface area (Å²) in [6, 6.07) is -10.7. The third-order valence-corrected chi connectivity index (χ3v) is 8.40. The molecule has 0 atom stereocenters. The smallest absolute Gasteiger partial charge is 0.180 e. The molecule has 0 fully saturated rings. The Balaban J connectivity index is 1.14. The zero-order valence-corrected chi connectivity index (χ0v) is 25.4. The Kier molecular flexibility index (Phi) is 2.97. The van der Waals surface area contributed by atoms with Crippen LogP contribution in [0.5, 0.6) is 0 Å². The zero-order chi connectivity index (χ0) is 52.6.